The SMILES string of the molecule is CN1CC(=O)N(c2ccccc2)C[C@]12CCN(C(=O)c1cccc(F)c1)C2. The first-order valence-corrected chi connectivity index (χ1v) is 9.10. The first kappa shape index (κ1) is 17.7. The molecule has 0 unspecified atom stereocenters. The van der Waals surface area contributed by atoms with Crippen molar-refractivity contribution in [1.29, 1.82) is 0 Å². The minimum atomic E-state index is -0.412. The van der Waals surface area contributed by atoms with Crippen molar-refractivity contribution in [2.24, 2.45) is 0 Å². The maximum atomic E-state index is 13.5. The van der Waals surface area contributed by atoms with Gasteiger partial charge < -0.3 is 9.80 Å². The molecule has 0 aliphatic carbocycles. The lowest BCUT2D eigenvalue weighted by Gasteiger charge is -2.46. The summed E-state index contributed by atoms with van der Waals surface area (Å²) in [6.07, 6.45) is 0.779. The van der Waals surface area contributed by atoms with Crippen molar-refractivity contribution in [3.8, 4) is 0 Å². The Morgan fingerprint density at radius 3 is 2.59 bits per heavy atom. The first-order chi connectivity index (χ1) is 13.0. The number of likely N-dealkylation sites (N-methyl/N-ethyl adjacent to an activating group) is 1. The fourth-order valence-electron chi connectivity index (χ4n) is 4.08. The van der Waals surface area contributed by atoms with Crippen LogP contribution in [-0.2, 0) is 4.79 Å². The molecule has 2 heterocycles. The number of piperazine rings is 1. The number of para-hydroxylation sites is 1. The number of hydrogen-bond acceptors (Lipinski definition) is 3. The molecule has 0 radical (unpaired) electrons. The minimum Gasteiger partial charge on any atom is -0.337 e. The number of hydrogen-bond donors (Lipinski definition) is 0. The van der Waals surface area contributed by atoms with Crippen molar-refractivity contribution < 1.29 is 14.0 Å². The van der Waals surface area contributed by atoms with Crippen LogP contribution in [0.1, 0.15) is 16.8 Å². The average molecular weight is 367 g/mol. The van der Waals surface area contributed by atoms with Crippen LogP contribution in [0.2, 0.25) is 0 Å². The average Bonchev–Trinajstić information content (AvgIpc) is 3.10. The van der Waals surface area contributed by atoms with Crippen molar-refractivity contribution in [2.45, 2.75) is 12.0 Å². The van der Waals surface area contributed by atoms with Crippen LogP contribution < -0.4 is 4.90 Å². The summed E-state index contributed by atoms with van der Waals surface area (Å²) in [7, 11) is 1.94. The van der Waals surface area contributed by atoms with Crippen molar-refractivity contribution >= 4 is 17.5 Å². The third-order valence-electron chi connectivity index (χ3n) is 5.69. The molecule has 1 spiro atoms. The summed E-state index contributed by atoms with van der Waals surface area (Å²) >= 11 is 0. The van der Waals surface area contributed by atoms with Crippen molar-refractivity contribution in [3.05, 3.63) is 66.0 Å². The molecule has 2 amide bonds. The van der Waals surface area contributed by atoms with Gasteiger partial charge in [0, 0.05) is 30.9 Å². The highest BCUT2D eigenvalue weighted by molar-refractivity contribution is 5.96. The monoisotopic (exact) mass is 367 g/mol. The number of carbonyl (C=O) groups excluding carboxylic acids is 2. The highest BCUT2D eigenvalue weighted by Gasteiger charge is 2.48. The summed E-state index contributed by atoms with van der Waals surface area (Å²) in [5, 5.41) is 0. The number of benzene rings is 2. The van der Waals surface area contributed by atoms with Gasteiger partial charge in [-0.2, -0.15) is 0 Å². The van der Waals surface area contributed by atoms with E-state index in [2.05, 4.69) is 4.90 Å². The molecule has 2 aliphatic heterocycles. The zero-order valence-electron chi connectivity index (χ0n) is 15.3. The smallest absolute Gasteiger partial charge is 0.254 e. The van der Waals surface area contributed by atoms with E-state index >= 15 is 0 Å². The summed E-state index contributed by atoms with van der Waals surface area (Å²) < 4.78 is 13.5. The van der Waals surface area contributed by atoms with E-state index in [1.807, 2.05) is 42.3 Å². The van der Waals surface area contributed by atoms with Gasteiger partial charge in [0.15, 0.2) is 0 Å². The van der Waals surface area contributed by atoms with E-state index in [-0.39, 0.29) is 17.4 Å². The quantitative estimate of drug-likeness (QED) is 0.819. The van der Waals surface area contributed by atoms with E-state index < -0.39 is 5.82 Å². The van der Waals surface area contributed by atoms with Crippen LogP contribution in [0.5, 0.6) is 0 Å². The van der Waals surface area contributed by atoms with E-state index in [1.165, 1.54) is 12.1 Å². The molecule has 2 fully saturated rings. The molecule has 6 heteroatoms. The lowest BCUT2D eigenvalue weighted by molar-refractivity contribution is -0.123. The Morgan fingerprint density at radius 2 is 1.85 bits per heavy atom. The summed E-state index contributed by atoms with van der Waals surface area (Å²) in [6.45, 7) is 1.97. The Hall–Kier alpha value is -2.73. The highest BCUT2D eigenvalue weighted by atomic mass is 19.1. The van der Waals surface area contributed by atoms with Crippen molar-refractivity contribution in [2.75, 3.05) is 38.1 Å². The topological polar surface area (TPSA) is 43.9 Å². The van der Waals surface area contributed by atoms with Gasteiger partial charge >= 0.3 is 0 Å². The predicted octanol–water partition coefficient (Wildman–Crippen LogP) is 2.39. The zero-order valence-corrected chi connectivity index (χ0v) is 15.3. The molecule has 27 heavy (non-hydrogen) atoms. The van der Waals surface area contributed by atoms with Gasteiger partial charge in [-0.25, -0.2) is 4.39 Å². The molecule has 1 atom stereocenters. The Balaban J connectivity index is 1.56. The van der Waals surface area contributed by atoms with E-state index in [0.29, 0.717) is 31.7 Å². The summed E-state index contributed by atoms with van der Waals surface area (Å²) in [5.41, 5.74) is 0.957. The molecular formula is C21H22FN3O2. The van der Waals surface area contributed by atoms with Gasteiger partial charge in [-0.05, 0) is 43.8 Å². The van der Waals surface area contributed by atoms with Crippen LogP contribution in [0.4, 0.5) is 10.1 Å². The summed E-state index contributed by atoms with van der Waals surface area (Å²) in [5.74, 6) is -0.516. The van der Waals surface area contributed by atoms with Crippen LogP contribution in [0.15, 0.2) is 54.6 Å². The zero-order chi connectivity index (χ0) is 19.0. The first-order valence-electron chi connectivity index (χ1n) is 9.10. The van der Waals surface area contributed by atoms with Crippen LogP contribution in [0.3, 0.4) is 0 Å². The third-order valence-corrected chi connectivity index (χ3v) is 5.69. The van der Waals surface area contributed by atoms with Crippen LogP contribution in [0, 0.1) is 5.82 Å². The fraction of sp³-hybridized carbons (Fsp3) is 0.333. The summed E-state index contributed by atoms with van der Waals surface area (Å²) in [6, 6.07) is 15.4. The van der Waals surface area contributed by atoms with Crippen LogP contribution in [0.25, 0.3) is 0 Å². The molecule has 0 N–H and O–H groups in total. The lowest BCUT2D eigenvalue weighted by Crippen LogP contribution is -2.64. The normalized spacial score (nSPS) is 23.3. The van der Waals surface area contributed by atoms with Gasteiger partial charge in [-0.3, -0.25) is 14.5 Å². The number of likely N-dealkylation sites (tertiary alicyclic amines) is 1. The maximum Gasteiger partial charge on any atom is 0.254 e. The van der Waals surface area contributed by atoms with Gasteiger partial charge in [0.2, 0.25) is 5.91 Å². The molecule has 0 bridgehead atoms. The number of anilines is 1. The fourth-order valence-corrected chi connectivity index (χ4v) is 4.08. The second-order valence-electron chi connectivity index (χ2n) is 7.38. The molecule has 4 rings (SSSR count). The van der Waals surface area contributed by atoms with Gasteiger partial charge in [-0.15, -0.1) is 0 Å². The number of halogens is 1. The highest BCUT2D eigenvalue weighted by Crippen LogP contribution is 2.34. The predicted molar refractivity (Wildman–Crippen MR) is 101 cm³/mol. The standard InChI is InChI=1S/C21H22FN3O2/c1-23-13-19(26)25(18-8-3-2-4-9-18)15-21(23)10-11-24(14-21)20(27)16-6-5-7-17(22)12-16/h2-9,12H,10-11,13-15H2,1H3/t21-/m1/s1. The summed E-state index contributed by atoms with van der Waals surface area (Å²) in [4.78, 5) is 31.0. The van der Waals surface area contributed by atoms with Gasteiger partial charge in [0.25, 0.3) is 5.91 Å². The molecule has 2 aliphatic rings. The molecule has 2 aromatic rings. The van der Waals surface area contributed by atoms with E-state index in [4.69, 9.17) is 0 Å². The van der Waals surface area contributed by atoms with Crippen molar-refractivity contribution in [3.63, 3.8) is 0 Å². The molecular weight excluding hydrogens is 345 g/mol. The minimum absolute atomic E-state index is 0.0595. The van der Waals surface area contributed by atoms with E-state index in [0.717, 1.165) is 12.1 Å². The van der Waals surface area contributed by atoms with Crippen LogP contribution in [-0.4, -0.2) is 60.4 Å². The third kappa shape index (κ3) is 3.21. The number of carbonyl (C=O) groups is 2. The number of nitrogens with zero attached hydrogens (tertiary/aromatic N) is 3. The number of rotatable bonds is 2. The van der Waals surface area contributed by atoms with Crippen LogP contribution >= 0.6 is 0 Å². The molecule has 2 saturated heterocycles. The lowest BCUT2D eigenvalue weighted by atomic mass is 9.92. The van der Waals surface area contributed by atoms with Crippen molar-refractivity contribution in [1.82, 2.24) is 9.80 Å². The second-order valence-corrected chi connectivity index (χ2v) is 7.38. The molecule has 140 valence electrons. The molecule has 2 aromatic carbocycles. The van der Waals surface area contributed by atoms with E-state index in [9.17, 15) is 14.0 Å². The molecule has 5 nitrogen and oxygen atoms in total. The van der Waals surface area contributed by atoms with E-state index in [1.54, 1.807) is 17.0 Å². The Kier molecular flexibility index (Phi) is 4.44. The Labute approximate surface area is 158 Å². The molecule has 0 aromatic heterocycles. The van der Waals surface area contributed by atoms with Gasteiger partial charge in [0.05, 0.1) is 12.1 Å². The van der Waals surface area contributed by atoms with Gasteiger partial charge in [-0.1, -0.05) is 24.3 Å². The molecule has 0 saturated carbocycles. The second kappa shape index (κ2) is 6.78. The number of amides is 2. The van der Waals surface area contributed by atoms with Gasteiger partial charge in [0.1, 0.15) is 5.82 Å². The maximum absolute atomic E-state index is 13.5. The largest absolute Gasteiger partial charge is 0.337 e. The Bertz CT molecular complexity index is 873. The Morgan fingerprint density at radius 1 is 1.07 bits per heavy atom.